The van der Waals surface area contributed by atoms with Crippen LogP contribution in [0.3, 0.4) is 0 Å². The zero-order valence-electron chi connectivity index (χ0n) is 19.8. The average molecular weight is 481 g/mol. The fourth-order valence-electron chi connectivity index (χ4n) is 3.48. The van der Waals surface area contributed by atoms with E-state index in [1.54, 1.807) is 12.1 Å². The fraction of sp³-hybridized carbons (Fsp3) is 0.333. The van der Waals surface area contributed by atoms with E-state index >= 15 is 0 Å². The first kappa shape index (κ1) is 26.1. The molecule has 1 saturated heterocycles. The van der Waals surface area contributed by atoms with Crippen molar-refractivity contribution >= 4 is 18.0 Å². The third-order valence-electron chi connectivity index (χ3n) is 5.48. The maximum Gasteiger partial charge on any atom is 0.331 e. The number of hydrogen-bond acceptors (Lipinski definition) is 6. The van der Waals surface area contributed by atoms with Crippen molar-refractivity contribution in [3.05, 3.63) is 76.6 Å². The molecule has 0 aliphatic carbocycles. The molecule has 2 N–H and O–H groups in total. The van der Waals surface area contributed by atoms with Crippen LogP contribution in [0.2, 0.25) is 0 Å². The lowest BCUT2D eigenvalue weighted by molar-refractivity contribution is -0.145. The van der Waals surface area contributed by atoms with Crippen LogP contribution in [0.5, 0.6) is 0 Å². The van der Waals surface area contributed by atoms with Gasteiger partial charge >= 0.3 is 5.97 Å². The molecular formula is C27H29FN2O5. The molecule has 1 heterocycles. The number of hydrogen-bond donors (Lipinski definition) is 2. The highest BCUT2D eigenvalue weighted by atomic mass is 19.1. The molecule has 0 unspecified atom stereocenters. The summed E-state index contributed by atoms with van der Waals surface area (Å²) in [5.41, 5.74) is 2.66. The van der Waals surface area contributed by atoms with Crippen molar-refractivity contribution in [1.29, 1.82) is 0 Å². The molecule has 0 radical (unpaired) electrons. The average Bonchev–Trinajstić information content (AvgIpc) is 2.87. The number of methoxy groups -OCH3 is 1. The number of morpholine rings is 1. The van der Waals surface area contributed by atoms with Gasteiger partial charge in [-0.1, -0.05) is 30.2 Å². The molecule has 0 saturated carbocycles. The zero-order valence-corrected chi connectivity index (χ0v) is 19.8. The molecular weight excluding hydrogens is 451 g/mol. The third kappa shape index (κ3) is 8.04. The number of allylic oxidation sites excluding steroid dienone is 1. The second-order valence-corrected chi connectivity index (χ2v) is 8.16. The molecule has 35 heavy (non-hydrogen) atoms. The van der Waals surface area contributed by atoms with Gasteiger partial charge in [0.2, 0.25) is 0 Å². The van der Waals surface area contributed by atoms with E-state index in [9.17, 15) is 19.1 Å². The van der Waals surface area contributed by atoms with Crippen LogP contribution in [0, 0.1) is 11.8 Å². The highest BCUT2D eigenvalue weighted by molar-refractivity contribution is 5.97. The molecule has 1 fully saturated rings. The molecule has 3 rings (SSSR count). The number of carbonyl (C=O) groups is 2. The van der Waals surface area contributed by atoms with Crippen LogP contribution < -0.4 is 5.32 Å². The van der Waals surface area contributed by atoms with Gasteiger partial charge in [0.15, 0.2) is 11.9 Å². The predicted octanol–water partition coefficient (Wildman–Crippen LogP) is 2.53. The Morgan fingerprint density at radius 2 is 1.83 bits per heavy atom. The Bertz CT molecular complexity index is 1100. The standard InChI is InChI=1S/C27H29FN2O5/c1-19(31)25(27(33)34-2)29-26(32)23-10-7-20(8-11-23)9-12-24(28)17-21-3-5-22(6-4-21)18-30-13-15-35-16-14-30/h3-8,10-11,17,19,25,31H,13-16,18H2,1-2H3,(H,29,32)/t19-,25+/m1/s1. The van der Waals surface area contributed by atoms with Gasteiger partial charge < -0.3 is 19.9 Å². The molecule has 0 bridgehead atoms. The number of benzene rings is 2. The summed E-state index contributed by atoms with van der Waals surface area (Å²) in [6, 6.07) is 12.7. The third-order valence-corrected chi connectivity index (χ3v) is 5.48. The number of nitrogens with one attached hydrogen (secondary N) is 1. The molecule has 1 amide bonds. The van der Waals surface area contributed by atoms with Gasteiger partial charge in [0.25, 0.3) is 5.91 Å². The first-order valence-electron chi connectivity index (χ1n) is 11.3. The van der Waals surface area contributed by atoms with E-state index in [1.807, 2.05) is 24.3 Å². The molecule has 7 nitrogen and oxygen atoms in total. The molecule has 2 aromatic rings. The SMILES string of the molecule is COC(=O)[C@@H](NC(=O)c1ccc(C#CC(F)=Cc2ccc(CN3CCOCC3)cc2)cc1)[C@@H](C)O. The summed E-state index contributed by atoms with van der Waals surface area (Å²) in [5, 5.41) is 12.1. The quantitative estimate of drug-likeness (QED) is 0.468. The lowest BCUT2D eigenvalue weighted by atomic mass is 10.1. The van der Waals surface area contributed by atoms with Crippen molar-refractivity contribution < 1.29 is 28.6 Å². The molecule has 1 aliphatic heterocycles. The molecule has 8 heteroatoms. The Morgan fingerprint density at radius 3 is 2.43 bits per heavy atom. The predicted molar refractivity (Wildman–Crippen MR) is 130 cm³/mol. The number of aliphatic hydroxyl groups is 1. The van der Waals surface area contributed by atoms with Crippen LogP contribution >= 0.6 is 0 Å². The van der Waals surface area contributed by atoms with Gasteiger partial charge in [0, 0.05) is 30.8 Å². The van der Waals surface area contributed by atoms with Crippen molar-refractivity contribution in [1.82, 2.24) is 10.2 Å². The summed E-state index contributed by atoms with van der Waals surface area (Å²) in [6.07, 6.45) is 0.253. The van der Waals surface area contributed by atoms with Crippen LogP contribution in [-0.4, -0.2) is 67.4 Å². The number of rotatable bonds is 7. The summed E-state index contributed by atoms with van der Waals surface area (Å²) < 4.78 is 24.3. The Morgan fingerprint density at radius 1 is 1.17 bits per heavy atom. The van der Waals surface area contributed by atoms with Gasteiger partial charge in [-0.15, -0.1) is 0 Å². The van der Waals surface area contributed by atoms with Crippen molar-refractivity contribution in [2.45, 2.75) is 25.6 Å². The lowest BCUT2D eigenvalue weighted by Crippen LogP contribution is -2.48. The Kier molecular flexibility index (Phi) is 9.56. The molecule has 184 valence electrons. The summed E-state index contributed by atoms with van der Waals surface area (Å²) >= 11 is 0. The van der Waals surface area contributed by atoms with Crippen LogP contribution in [0.15, 0.2) is 54.4 Å². The van der Waals surface area contributed by atoms with E-state index in [4.69, 9.17) is 4.74 Å². The summed E-state index contributed by atoms with van der Waals surface area (Å²) in [5.74, 6) is 3.32. The van der Waals surface area contributed by atoms with E-state index in [-0.39, 0.29) is 5.56 Å². The number of esters is 1. The highest BCUT2D eigenvalue weighted by Gasteiger charge is 2.26. The number of halogens is 1. The topological polar surface area (TPSA) is 88.1 Å². The molecule has 0 spiro atoms. The summed E-state index contributed by atoms with van der Waals surface area (Å²) in [4.78, 5) is 26.4. The minimum atomic E-state index is -1.18. The molecule has 2 aromatic carbocycles. The van der Waals surface area contributed by atoms with E-state index in [0.29, 0.717) is 11.1 Å². The van der Waals surface area contributed by atoms with Crippen LogP contribution in [0.25, 0.3) is 6.08 Å². The smallest absolute Gasteiger partial charge is 0.331 e. The van der Waals surface area contributed by atoms with Crippen molar-refractivity contribution in [2.75, 3.05) is 33.4 Å². The van der Waals surface area contributed by atoms with Crippen molar-refractivity contribution in [3.63, 3.8) is 0 Å². The maximum absolute atomic E-state index is 14.3. The number of amides is 1. The highest BCUT2D eigenvalue weighted by Crippen LogP contribution is 2.13. The second-order valence-electron chi connectivity index (χ2n) is 8.16. The first-order valence-corrected chi connectivity index (χ1v) is 11.3. The van der Waals surface area contributed by atoms with Crippen molar-refractivity contribution in [2.24, 2.45) is 0 Å². The van der Waals surface area contributed by atoms with Gasteiger partial charge in [-0.25, -0.2) is 4.79 Å². The largest absolute Gasteiger partial charge is 0.467 e. The Balaban J connectivity index is 1.58. The zero-order chi connectivity index (χ0) is 25.2. The van der Waals surface area contributed by atoms with Gasteiger partial charge in [0.05, 0.1) is 26.4 Å². The first-order chi connectivity index (χ1) is 16.9. The van der Waals surface area contributed by atoms with Gasteiger partial charge in [0.1, 0.15) is 0 Å². The minimum absolute atomic E-state index is 0.262. The van der Waals surface area contributed by atoms with E-state index in [2.05, 4.69) is 26.8 Å². The summed E-state index contributed by atoms with van der Waals surface area (Å²) in [6.45, 7) is 5.54. The number of nitrogens with zero attached hydrogens (tertiary/aromatic N) is 1. The Hall–Kier alpha value is -3.51. The number of ether oxygens (including phenoxy) is 2. The molecule has 1 aliphatic rings. The number of aliphatic hydroxyl groups excluding tert-OH is 1. The number of carbonyl (C=O) groups excluding carboxylic acids is 2. The van der Waals surface area contributed by atoms with Crippen molar-refractivity contribution in [3.8, 4) is 11.8 Å². The van der Waals surface area contributed by atoms with Crippen LogP contribution in [0.4, 0.5) is 4.39 Å². The monoisotopic (exact) mass is 480 g/mol. The van der Waals surface area contributed by atoms with Crippen LogP contribution in [0.1, 0.15) is 34.0 Å². The molecule has 0 aromatic heterocycles. The van der Waals surface area contributed by atoms with Crippen LogP contribution in [-0.2, 0) is 20.8 Å². The van der Waals surface area contributed by atoms with E-state index in [0.717, 1.165) is 38.4 Å². The van der Waals surface area contributed by atoms with Gasteiger partial charge in [-0.3, -0.25) is 9.69 Å². The fourth-order valence-corrected chi connectivity index (χ4v) is 3.48. The Labute approximate surface area is 204 Å². The summed E-state index contributed by atoms with van der Waals surface area (Å²) in [7, 11) is 1.17. The maximum atomic E-state index is 14.3. The van der Waals surface area contributed by atoms with E-state index < -0.39 is 29.8 Å². The van der Waals surface area contributed by atoms with Gasteiger partial charge in [-0.05, 0) is 54.3 Å². The molecule has 2 atom stereocenters. The normalized spacial score (nSPS) is 15.9. The van der Waals surface area contributed by atoms with Gasteiger partial charge in [-0.2, -0.15) is 4.39 Å². The minimum Gasteiger partial charge on any atom is -0.467 e. The van der Waals surface area contributed by atoms with E-state index in [1.165, 1.54) is 32.2 Å². The lowest BCUT2D eigenvalue weighted by Gasteiger charge is -2.26. The second kappa shape index (κ2) is 12.8.